The van der Waals surface area contributed by atoms with E-state index < -0.39 is 17.7 Å². The number of nitriles is 1. The van der Waals surface area contributed by atoms with Gasteiger partial charge in [-0.25, -0.2) is 8.78 Å². The van der Waals surface area contributed by atoms with E-state index in [0.29, 0.717) is 17.0 Å². The third-order valence-electron chi connectivity index (χ3n) is 3.15. The smallest absolute Gasteiger partial charge is 0.143 e. The number of hydrogen-bond donors (Lipinski definition) is 1. The average Bonchev–Trinajstić information content (AvgIpc) is 2.49. The van der Waals surface area contributed by atoms with Crippen molar-refractivity contribution in [1.29, 1.82) is 5.26 Å². The molecule has 1 unspecified atom stereocenters. The fourth-order valence-corrected chi connectivity index (χ4v) is 2.08. The van der Waals surface area contributed by atoms with Crippen molar-refractivity contribution < 1.29 is 13.5 Å². The van der Waals surface area contributed by atoms with E-state index in [0.717, 1.165) is 18.2 Å². The molecule has 0 radical (unpaired) electrons. The second-order valence-electron chi connectivity index (χ2n) is 4.53. The van der Waals surface area contributed by atoms with E-state index in [1.807, 2.05) is 6.07 Å². The van der Waals surface area contributed by atoms with Crippen LogP contribution in [0.1, 0.15) is 24.1 Å². The number of halogens is 2. The van der Waals surface area contributed by atoms with Crippen LogP contribution in [0.3, 0.4) is 0 Å². The predicted molar refractivity (Wildman–Crippen MR) is 76.1 cm³/mol. The van der Waals surface area contributed by atoms with Crippen molar-refractivity contribution in [2.45, 2.75) is 13.0 Å². The van der Waals surface area contributed by atoms with Crippen LogP contribution in [0.2, 0.25) is 0 Å². The van der Waals surface area contributed by atoms with Gasteiger partial charge in [0.2, 0.25) is 0 Å². The molecular formula is C16H14F2N2O. The molecule has 0 fully saturated rings. The van der Waals surface area contributed by atoms with Crippen molar-refractivity contribution in [2.24, 2.45) is 0 Å². The minimum atomic E-state index is -0.524. The Morgan fingerprint density at radius 2 is 2.00 bits per heavy atom. The highest BCUT2D eigenvalue weighted by Gasteiger charge is 2.16. The van der Waals surface area contributed by atoms with Crippen LogP contribution < -0.4 is 10.1 Å². The van der Waals surface area contributed by atoms with E-state index in [9.17, 15) is 8.78 Å². The molecule has 2 rings (SSSR count). The molecule has 0 bridgehead atoms. The summed E-state index contributed by atoms with van der Waals surface area (Å²) in [5.74, 6) is -0.553. The zero-order valence-corrected chi connectivity index (χ0v) is 11.7. The van der Waals surface area contributed by atoms with E-state index in [-0.39, 0.29) is 5.56 Å². The lowest BCUT2D eigenvalue weighted by Gasteiger charge is -2.19. The summed E-state index contributed by atoms with van der Waals surface area (Å²) in [6, 6.07) is 9.80. The van der Waals surface area contributed by atoms with Gasteiger partial charge in [0.15, 0.2) is 0 Å². The van der Waals surface area contributed by atoms with Crippen molar-refractivity contribution >= 4 is 5.69 Å². The van der Waals surface area contributed by atoms with Gasteiger partial charge >= 0.3 is 0 Å². The summed E-state index contributed by atoms with van der Waals surface area (Å²) in [5, 5.41) is 12.2. The number of anilines is 1. The van der Waals surface area contributed by atoms with E-state index in [2.05, 4.69) is 5.32 Å². The molecule has 2 aromatic carbocycles. The molecule has 0 aliphatic heterocycles. The van der Waals surface area contributed by atoms with Crippen LogP contribution in [0.15, 0.2) is 36.4 Å². The molecule has 0 saturated heterocycles. The van der Waals surface area contributed by atoms with Gasteiger partial charge in [0.05, 0.1) is 24.4 Å². The maximum atomic E-state index is 13.8. The molecule has 1 N–H and O–H groups in total. The highest BCUT2D eigenvalue weighted by atomic mass is 19.1. The third kappa shape index (κ3) is 3.11. The van der Waals surface area contributed by atoms with Crippen LogP contribution >= 0.6 is 0 Å². The maximum absolute atomic E-state index is 13.8. The van der Waals surface area contributed by atoms with Crippen LogP contribution in [-0.4, -0.2) is 7.11 Å². The molecule has 0 spiro atoms. The summed E-state index contributed by atoms with van der Waals surface area (Å²) < 4.78 is 32.2. The average molecular weight is 288 g/mol. The van der Waals surface area contributed by atoms with Crippen molar-refractivity contribution in [2.75, 3.05) is 12.4 Å². The normalized spacial score (nSPS) is 11.6. The summed E-state index contributed by atoms with van der Waals surface area (Å²) >= 11 is 0. The van der Waals surface area contributed by atoms with Gasteiger partial charge in [0.1, 0.15) is 23.5 Å². The Kier molecular flexibility index (Phi) is 4.39. The fourth-order valence-electron chi connectivity index (χ4n) is 2.08. The number of nitrogens with one attached hydrogen (secondary N) is 1. The van der Waals surface area contributed by atoms with Crippen LogP contribution in [0.5, 0.6) is 5.75 Å². The number of nitrogens with zero attached hydrogens (tertiary/aromatic N) is 1. The minimum Gasteiger partial charge on any atom is -0.495 e. The zero-order valence-electron chi connectivity index (χ0n) is 11.7. The van der Waals surface area contributed by atoms with Gasteiger partial charge in [-0.15, -0.1) is 0 Å². The van der Waals surface area contributed by atoms with Crippen LogP contribution in [0, 0.1) is 23.0 Å². The summed E-state index contributed by atoms with van der Waals surface area (Å²) in [4.78, 5) is 0. The summed E-state index contributed by atoms with van der Waals surface area (Å²) in [7, 11) is 1.48. The van der Waals surface area contributed by atoms with Gasteiger partial charge in [-0.3, -0.25) is 0 Å². The second kappa shape index (κ2) is 6.23. The predicted octanol–water partition coefficient (Wildman–Crippen LogP) is 4.02. The summed E-state index contributed by atoms with van der Waals surface area (Å²) in [6.07, 6.45) is 0. The topological polar surface area (TPSA) is 45.0 Å². The third-order valence-corrected chi connectivity index (χ3v) is 3.15. The monoisotopic (exact) mass is 288 g/mol. The molecule has 0 amide bonds. The van der Waals surface area contributed by atoms with Crippen molar-refractivity contribution in [3.05, 3.63) is 59.2 Å². The first-order chi connectivity index (χ1) is 10.1. The second-order valence-corrected chi connectivity index (χ2v) is 4.53. The van der Waals surface area contributed by atoms with Crippen molar-refractivity contribution in [3.8, 4) is 11.8 Å². The van der Waals surface area contributed by atoms with Crippen molar-refractivity contribution in [1.82, 2.24) is 0 Å². The SMILES string of the molecule is COc1cccc(C#N)c1NC(C)c1cc(F)ccc1F. The molecule has 21 heavy (non-hydrogen) atoms. The Labute approximate surface area is 121 Å². The number of ether oxygens (including phenoxy) is 1. The van der Waals surface area contributed by atoms with Gasteiger partial charge in [-0.2, -0.15) is 5.26 Å². The van der Waals surface area contributed by atoms with Gasteiger partial charge in [-0.1, -0.05) is 6.07 Å². The van der Waals surface area contributed by atoms with E-state index in [1.54, 1.807) is 25.1 Å². The Bertz CT molecular complexity index is 695. The Morgan fingerprint density at radius 1 is 1.24 bits per heavy atom. The highest BCUT2D eigenvalue weighted by molar-refractivity contribution is 5.67. The molecular weight excluding hydrogens is 274 g/mol. The Balaban J connectivity index is 2.38. The van der Waals surface area contributed by atoms with Crippen LogP contribution in [-0.2, 0) is 0 Å². The molecule has 1 atom stereocenters. The lowest BCUT2D eigenvalue weighted by Crippen LogP contribution is -2.11. The molecule has 2 aromatic rings. The molecule has 0 aliphatic carbocycles. The first-order valence-corrected chi connectivity index (χ1v) is 6.35. The van der Waals surface area contributed by atoms with Gasteiger partial charge in [-0.05, 0) is 37.3 Å². The summed E-state index contributed by atoms with van der Waals surface area (Å²) in [5.41, 5.74) is 1.02. The van der Waals surface area contributed by atoms with Gasteiger partial charge < -0.3 is 10.1 Å². The lowest BCUT2D eigenvalue weighted by molar-refractivity contribution is 0.416. The highest BCUT2D eigenvalue weighted by Crippen LogP contribution is 2.32. The Morgan fingerprint density at radius 3 is 2.67 bits per heavy atom. The van der Waals surface area contributed by atoms with Crippen molar-refractivity contribution in [3.63, 3.8) is 0 Å². The zero-order chi connectivity index (χ0) is 15.4. The lowest BCUT2D eigenvalue weighted by atomic mass is 10.1. The number of rotatable bonds is 4. The first kappa shape index (κ1) is 14.8. The number of para-hydroxylation sites is 1. The molecule has 3 nitrogen and oxygen atoms in total. The van der Waals surface area contributed by atoms with Crippen LogP contribution in [0.4, 0.5) is 14.5 Å². The molecule has 5 heteroatoms. The summed E-state index contributed by atoms with van der Waals surface area (Å²) in [6.45, 7) is 1.69. The maximum Gasteiger partial charge on any atom is 0.143 e. The standard InChI is InChI=1S/C16H14F2N2O/c1-10(13-8-12(17)6-7-14(13)18)20-16-11(9-19)4-3-5-15(16)21-2/h3-8,10,20H,1-2H3. The number of benzene rings is 2. The van der Waals surface area contributed by atoms with E-state index >= 15 is 0 Å². The fraction of sp³-hybridized carbons (Fsp3) is 0.188. The quantitative estimate of drug-likeness (QED) is 0.924. The van der Waals surface area contributed by atoms with Gasteiger partial charge in [0.25, 0.3) is 0 Å². The molecule has 0 saturated carbocycles. The van der Waals surface area contributed by atoms with E-state index in [1.165, 1.54) is 7.11 Å². The minimum absolute atomic E-state index is 0.185. The van der Waals surface area contributed by atoms with Crippen LogP contribution in [0.25, 0.3) is 0 Å². The Hall–Kier alpha value is -2.61. The molecule has 108 valence electrons. The number of hydrogen-bond acceptors (Lipinski definition) is 3. The number of methoxy groups -OCH3 is 1. The molecule has 0 aromatic heterocycles. The first-order valence-electron chi connectivity index (χ1n) is 6.35. The molecule has 0 heterocycles. The molecule has 0 aliphatic rings. The van der Waals surface area contributed by atoms with E-state index in [4.69, 9.17) is 10.00 Å². The van der Waals surface area contributed by atoms with Gasteiger partial charge in [0, 0.05) is 5.56 Å². The largest absolute Gasteiger partial charge is 0.495 e.